The first-order valence-corrected chi connectivity index (χ1v) is 7.97. The second-order valence-corrected chi connectivity index (χ2v) is 4.96. The summed E-state index contributed by atoms with van der Waals surface area (Å²) in [4.78, 5) is 27.9. The van der Waals surface area contributed by atoms with Crippen LogP contribution < -0.4 is 5.32 Å². The van der Waals surface area contributed by atoms with Crippen LogP contribution in [0.3, 0.4) is 0 Å². The third-order valence-corrected chi connectivity index (χ3v) is 3.25. The number of anilines is 1. The molecule has 0 saturated carbocycles. The average Bonchev–Trinajstić information content (AvgIpc) is 2.63. The monoisotopic (exact) mass is 340 g/mol. The summed E-state index contributed by atoms with van der Waals surface area (Å²) in [5.74, 6) is -1.45. The van der Waals surface area contributed by atoms with Crippen LogP contribution >= 0.6 is 0 Å². The predicted octanol–water partition coefficient (Wildman–Crippen LogP) is 3.17. The first kappa shape index (κ1) is 18.2. The molecule has 1 aromatic carbocycles. The molecule has 0 spiro atoms. The summed E-state index contributed by atoms with van der Waals surface area (Å²) in [6.45, 7) is 3.69. The predicted molar refractivity (Wildman–Crippen MR) is 94.6 cm³/mol. The molecule has 25 heavy (non-hydrogen) atoms. The number of nitrogens with one attached hydrogen (secondary N) is 1. The first-order chi connectivity index (χ1) is 12.2. The quantitative estimate of drug-likeness (QED) is 0.361. The number of rotatable bonds is 7. The maximum Gasteiger partial charge on any atom is 0.347 e. The van der Waals surface area contributed by atoms with Gasteiger partial charge in [0.05, 0.1) is 13.2 Å². The zero-order valence-corrected chi connectivity index (χ0v) is 14.2. The van der Waals surface area contributed by atoms with Crippen LogP contribution in [0, 0.1) is 0 Å². The largest absolute Gasteiger partial charge is 0.462 e. The highest BCUT2D eigenvalue weighted by Crippen LogP contribution is 2.22. The first-order valence-electron chi connectivity index (χ1n) is 7.97. The molecule has 6 heteroatoms. The van der Waals surface area contributed by atoms with Gasteiger partial charge in [-0.05, 0) is 49.2 Å². The topological polar surface area (TPSA) is 77.5 Å². The summed E-state index contributed by atoms with van der Waals surface area (Å²) >= 11 is 0. The van der Waals surface area contributed by atoms with Gasteiger partial charge in [-0.25, -0.2) is 9.59 Å². The second-order valence-electron chi connectivity index (χ2n) is 4.96. The normalized spacial score (nSPS) is 9.84. The second kappa shape index (κ2) is 9.22. The number of ether oxygens (including phenoxy) is 2. The van der Waals surface area contributed by atoms with Gasteiger partial charge in [0.1, 0.15) is 0 Å². The van der Waals surface area contributed by atoms with E-state index in [2.05, 4.69) is 10.3 Å². The fraction of sp³-hybridized carbons (Fsp3) is 0.211. The van der Waals surface area contributed by atoms with Crippen LogP contribution in [0.1, 0.15) is 13.8 Å². The van der Waals surface area contributed by atoms with Crippen molar-refractivity contribution in [2.45, 2.75) is 13.8 Å². The van der Waals surface area contributed by atoms with Gasteiger partial charge in [-0.15, -0.1) is 0 Å². The molecule has 1 heterocycles. The Hall–Kier alpha value is -3.15. The maximum atomic E-state index is 11.9. The van der Waals surface area contributed by atoms with Crippen molar-refractivity contribution in [3.05, 3.63) is 60.6 Å². The lowest BCUT2D eigenvalue weighted by atomic mass is 10.1. The Morgan fingerprint density at radius 1 is 1.00 bits per heavy atom. The molecule has 0 fully saturated rings. The van der Waals surface area contributed by atoms with E-state index >= 15 is 0 Å². The summed E-state index contributed by atoms with van der Waals surface area (Å²) in [5, 5.41) is 2.95. The lowest BCUT2D eigenvalue weighted by Crippen LogP contribution is -2.19. The maximum absolute atomic E-state index is 11.9. The van der Waals surface area contributed by atoms with Crippen molar-refractivity contribution < 1.29 is 19.1 Å². The van der Waals surface area contributed by atoms with Crippen LogP contribution in [0.25, 0.3) is 11.1 Å². The molecule has 2 rings (SSSR count). The van der Waals surface area contributed by atoms with Crippen LogP contribution in [-0.2, 0) is 19.1 Å². The zero-order chi connectivity index (χ0) is 18.1. The van der Waals surface area contributed by atoms with Crippen molar-refractivity contribution in [2.75, 3.05) is 18.5 Å². The van der Waals surface area contributed by atoms with E-state index in [0.29, 0.717) is 0 Å². The van der Waals surface area contributed by atoms with Crippen molar-refractivity contribution in [1.29, 1.82) is 0 Å². The number of esters is 2. The number of carbonyl (C=O) groups excluding carboxylic acids is 2. The van der Waals surface area contributed by atoms with E-state index in [1.165, 1.54) is 6.20 Å². The molecule has 130 valence electrons. The molecule has 1 N–H and O–H groups in total. The number of pyridine rings is 1. The summed E-state index contributed by atoms with van der Waals surface area (Å²) in [6.07, 6.45) is 4.74. The molecule has 0 saturated heterocycles. The molecule has 0 aliphatic rings. The molecular weight excluding hydrogens is 320 g/mol. The molecular formula is C19H20N2O4. The van der Waals surface area contributed by atoms with Crippen LogP contribution in [0.2, 0.25) is 0 Å². The average molecular weight is 340 g/mol. The van der Waals surface area contributed by atoms with Crippen molar-refractivity contribution in [2.24, 2.45) is 0 Å². The minimum atomic E-state index is -0.723. The third kappa shape index (κ3) is 5.17. The summed E-state index contributed by atoms with van der Waals surface area (Å²) in [6, 6.07) is 11.4. The van der Waals surface area contributed by atoms with Crippen LogP contribution in [0.4, 0.5) is 5.69 Å². The Morgan fingerprint density at radius 2 is 1.64 bits per heavy atom. The number of hydrogen-bond donors (Lipinski definition) is 1. The number of aromatic nitrogens is 1. The van der Waals surface area contributed by atoms with E-state index in [0.717, 1.165) is 16.8 Å². The Bertz CT molecular complexity index is 737. The number of hydrogen-bond acceptors (Lipinski definition) is 6. The Kier molecular flexibility index (Phi) is 6.71. The Balaban J connectivity index is 2.22. The minimum Gasteiger partial charge on any atom is -0.462 e. The highest BCUT2D eigenvalue weighted by Gasteiger charge is 2.20. The highest BCUT2D eigenvalue weighted by atomic mass is 16.6. The van der Waals surface area contributed by atoms with Crippen molar-refractivity contribution >= 4 is 17.6 Å². The number of carbonyl (C=O) groups is 2. The van der Waals surface area contributed by atoms with E-state index < -0.39 is 11.9 Å². The van der Waals surface area contributed by atoms with Gasteiger partial charge in [0.25, 0.3) is 0 Å². The van der Waals surface area contributed by atoms with Crippen molar-refractivity contribution in [1.82, 2.24) is 4.98 Å². The molecule has 0 bridgehead atoms. The Labute approximate surface area is 146 Å². The molecule has 1 aromatic heterocycles. The van der Waals surface area contributed by atoms with E-state index in [9.17, 15) is 9.59 Å². The van der Waals surface area contributed by atoms with E-state index in [4.69, 9.17) is 9.47 Å². The van der Waals surface area contributed by atoms with Gasteiger partial charge < -0.3 is 14.8 Å². The van der Waals surface area contributed by atoms with Crippen molar-refractivity contribution in [3.63, 3.8) is 0 Å². The van der Waals surface area contributed by atoms with Gasteiger partial charge in [-0.1, -0.05) is 12.1 Å². The fourth-order valence-corrected chi connectivity index (χ4v) is 2.11. The Morgan fingerprint density at radius 3 is 2.24 bits per heavy atom. The van der Waals surface area contributed by atoms with E-state index in [-0.39, 0.29) is 18.8 Å². The molecule has 0 unspecified atom stereocenters. The highest BCUT2D eigenvalue weighted by molar-refractivity contribution is 6.14. The van der Waals surface area contributed by atoms with E-state index in [1.807, 2.05) is 36.4 Å². The molecule has 0 amide bonds. The zero-order valence-electron chi connectivity index (χ0n) is 14.2. The van der Waals surface area contributed by atoms with Crippen LogP contribution in [0.15, 0.2) is 60.6 Å². The summed E-state index contributed by atoms with van der Waals surface area (Å²) in [5.41, 5.74) is 2.53. The number of nitrogens with zero attached hydrogens (tertiary/aromatic N) is 1. The molecule has 0 aliphatic heterocycles. The van der Waals surface area contributed by atoms with Crippen LogP contribution in [0.5, 0.6) is 0 Å². The van der Waals surface area contributed by atoms with Crippen molar-refractivity contribution in [3.8, 4) is 11.1 Å². The molecule has 0 atom stereocenters. The number of benzene rings is 1. The molecule has 0 radical (unpaired) electrons. The smallest absolute Gasteiger partial charge is 0.347 e. The van der Waals surface area contributed by atoms with Crippen LogP contribution in [-0.4, -0.2) is 30.1 Å². The fourth-order valence-electron chi connectivity index (χ4n) is 2.11. The third-order valence-electron chi connectivity index (χ3n) is 3.25. The molecule has 2 aromatic rings. The summed E-state index contributed by atoms with van der Waals surface area (Å²) in [7, 11) is 0. The SMILES string of the molecule is CCOC(=O)C(=CNc1cccc(-c2ccncc2)c1)C(=O)OCC. The lowest BCUT2D eigenvalue weighted by Gasteiger charge is -2.09. The van der Waals surface area contributed by atoms with Gasteiger partial charge in [0.2, 0.25) is 0 Å². The van der Waals surface area contributed by atoms with Gasteiger partial charge in [0.15, 0.2) is 5.57 Å². The molecule has 6 nitrogen and oxygen atoms in total. The standard InChI is InChI=1S/C19H20N2O4/c1-3-24-18(22)17(19(23)25-4-2)13-21-16-7-5-6-15(12-16)14-8-10-20-11-9-14/h5-13,21H,3-4H2,1-2H3. The van der Waals surface area contributed by atoms with Gasteiger partial charge in [-0.2, -0.15) is 0 Å². The summed E-state index contributed by atoms with van der Waals surface area (Å²) < 4.78 is 9.80. The van der Waals surface area contributed by atoms with Gasteiger partial charge in [-0.3, -0.25) is 4.98 Å². The van der Waals surface area contributed by atoms with E-state index in [1.54, 1.807) is 26.2 Å². The molecule has 0 aliphatic carbocycles. The van der Waals surface area contributed by atoms with Gasteiger partial charge >= 0.3 is 11.9 Å². The van der Waals surface area contributed by atoms with Gasteiger partial charge in [0, 0.05) is 24.3 Å². The lowest BCUT2D eigenvalue weighted by molar-refractivity contribution is -0.146. The minimum absolute atomic E-state index is 0.174.